The monoisotopic (exact) mass is 310 g/mol. The van der Waals surface area contributed by atoms with E-state index in [1.54, 1.807) is 0 Å². The van der Waals surface area contributed by atoms with Crippen LogP contribution in [0.2, 0.25) is 0 Å². The van der Waals surface area contributed by atoms with Crippen LogP contribution in [0.5, 0.6) is 0 Å². The van der Waals surface area contributed by atoms with E-state index in [1.807, 2.05) is 0 Å². The second kappa shape index (κ2) is 6.07. The predicted octanol–water partition coefficient (Wildman–Crippen LogP) is -0.375. The molecule has 6 nitrogen and oxygen atoms in total. The second-order valence-electron chi connectivity index (χ2n) is 5.37. The molecule has 1 saturated heterocycles. The molecule has 19 heavy (non-hydrogen) atoms. The van der Waals surface area contributed by atoms with Crippen LogP contribution >= 0.6 is 0 Å². The van der Waals surface area contributed by atoms with Gasteiger partial charge in [-0.05, 0) is 38.6 Å². The highest BCUT2D eigenvalue weighted by molar-refractivity contribution is 7.92. The molecule has 0 amide bonds. The number of sulfone groups is 1. The first kappa shape index (κ1) is 15.2. The maximum atomic E-state index is 12.0. The highest BCUT2D eigenvalue weighted by Crippen LogP contribution is 2.19. The Bertz CT molecular complexity index is 483. The highest BCUT2D eigenvalue weighted by Gasteiger charge is 2.32. The molecule has 112 valence electrons. The van der Waals surface area contributed by atoms with Crippen molar-refractivity contribution < 1.29 is 16.8 Å². The summed E-state index contributed by atoms with van der Waals surface area (Å²) in [5.41, 5.74) is 0. The third-order valence-corrected chi connectivity index (χ3v) is 7.28. The molecular weight excluding hydrogens is 288 g/mol. The Morgan fingerprint density at radius 1 is 1.00 bits per heavy atom. The number of sulfonamides is 1. The van der Waals surface area contributed by atoms with Gasteiger partial charge in [-0.25, -0.2) is 21.6 Å². The molecule has 0 aromatic carbocycles. The summed E-state index contributed by atoms with van der Waals surface area (Å²) >= 11 is 0. The van der Waals surface area contributed by atoms with Gasteiger partial charge >= 0.3 is 0 Å². The van der Waals surface area contributed by atoms with Gasteiger partial charge in [-0.2, -0.15) is 0 Å². The Morgan fingerprint density at radius 3 is 2.21 bits per heavy atom. The molecule has 0 atom stereocenters. The minimum atomic E-state index is -3.36. The van der Waals surface area contributed by atoms with E-state index in [0.717, 1.165) is 13.0 Å². The lowest BCUT2D eigenvalue weighted by molar-refractivity contribution is 0.539. The van der Waals surface area contributed by atoms with Gasteiger partial charge in [0.2, 0.25) is 10.0 Å². The van der Waals surface area contributed by atoms with Gasteiger partial charge in [0.25, 0.3) is 0 Å². The van der Waals surface area contributed by atoms with Crippen LogP contribution in [-0.4, -0.2) is 52.7 Å². The molecule has 0 spiro atoms. The van der Waals surface area contributed by atoms with Crippen molar-refractivity contribution in [3.63, 3.8) is 0 Å². The van der Waals surface area contributed by atoms with Crippen LogP contribution in [0.4, 0.5) is 0 Å². The smallest absolute Gasteiger partial charge is 0.214 e. The summed E-state index contributed by atoms with van der Waals surface area (Å²) < 4.78 is 49.1. The zero-order chi connectivity index (χ0) is 13.9. The molecule has 0 aromatic rings. The molecule has 1 saturated carbocycles. The van der Waals surface area contributed by atoms with Crippen LogP contribution in [0.3, 0.4) is 0 Å². The molecule has 0 bridgehead atoms. The lowest BCUT2D eigenvalue weighted by atomic mass is 10.2. The van der Waals surface area contributed by atoms with Gasteiger partial charge in [-0.15, -0.1) is 0 Å². The Balaban J connectivity index is 1.68. The Morgan fingerprint density at radius 2 is 1.63 bits per heavy atom. The number of hydrogen-bond donors (Lipinski definition) is 2. The van der Waals surface area contributed by atoms with Gasteiger partial charge in [-0.1, -0.05) is 0 Å². The zero-order valence-corrected chi connectivity index (χ0v) is 12.6. The molecule has 0 radical (unpaired) electrons. The fraction of sp³-hybridized carbons (Fsp3) is 1.00. The number of nitrogens with one attached hydrogen (secondary N) is 2. The summed E-state index contributed by atoms with van der Waals surface area (Å²) in [5, 5.41) is 2.77. The average molecular weight is 310 g/mol. The lowest BCUT2D eigenvalue weighted by Gasteiger charge is -2.22. The first-order valence-corrected chi connectivity index (χ1v) is 10.2. The van der Waals surface area contributed by atoms with Gasteiger partial charge in [0.15, 0.2) is 0 Å². The minimum Gasteiger partial charge on any atom is -0.314 e. The van der Waals surface area contributed by atoms with E-state index in [2.05, 4.69) is 10.0 Å². The molecule has 1 aliphatic carbocycles. The quantitative estimate of drug-likeness (QED) is 0.626. The van der Waals surface area contributed by atoms with Crippen LogP contribution in [0.1, 0.15) is 32.1 Å². The SMILES string of the molecule is O=S1(=O)CCC(S(=O)(=O)NCCCNC2CC2)CC1. The summed E-state index contributed by atoms with van der Waals surface area (Å²) in [6.07, 6.45) is 3.65. The lowest BCUT2D eigenvalue weighted by Crippen LogP contribution is -2.40. The van der Waals surface area contributed by atoms with Crippen molar-refractivity contribution in [3.05, 3.63) is 0 Å². The molecule has 0 unspecified atom stereocenters. The molecular formula is C11H22N2O4S2. The Labute approximate surface area is 115 Å². The molecule has 8 heteroatoms. The normalized spacial score (nSPS) is 24.4. The fourth-order valence-electron chi connectivity index (χ4n) is 2.19. The third kappa shape index (κ3) is 5.02. The largest absolute Gasteiger partial charge is 0.314 e. The van der Waals surface area contributed by atoms with E-state index < -0.39 is 25.1 Å². The van der Waals surface area contributed by atoms with Gasteiger partial charge in [0.1, 0.15) is 9.84 Å². The molecule has 1 aliphatic heterocycles. The first-order chi connectivity index (χ1) is 8.89. The number of hydrogen-bond acceptors (Lipinski definition) is 5. The van der Waals surface area contributed by atoms with E-state index in [0.29, 0.717) is 12.6 Å². The molecule has 2 N–H and O–H groups in total. The zero-order valence-electron chi connectivity index (χ0n) is 11.0. The van der Waals surface area contributed by atoms with Crippen molar-refractivity contribution in [2.75, 3.05) is 24.6 Å². The van der Waals surface area contributed by atoms with Crippen LogP contribution in [-0.2, 0) is 19.9 Å². The van der Waals surface area contributed by atoms with Crippen molar-refractivity contribution in [3.8, 4) is 0 Å². The predicted molar refractivity (Wildman–Crippen MR) is 74.2 cm³/mol. The van der Waals surface area contributed by atoms with Crippen molar-refractivity contribution in [2.24, 2.45) is 0 Å². The molecule has 1 heterocycles. The molecule has 2 aliphatic rings. The fourth-order valence-corrected chi connectivity index (χ4v) is 5.50. The van der Waals surface area contributed by atoms with Gasteiger partial charge in [-0.3, -0.25) is 0 Å². The van der Waals surface area contributed by atoms with Crippen LogP contribution < -0.4 is 10.0 Å². The summed E-state index contributed by atoms with van der Waals surface area (Å²) in [4.78, 5) is 0. The van der Waals surface area contributed by atoms with Crippen LogP contribution in [0, 0.1) is 0 Å². The van der Waals surface area contributed by atoms with E-state index in [4.69, 9.17) is 0 Å². The first-order valence-electron chi connectivity index (χ1n) is 6.81. The van der Waals surface area contributed by atoms with E-state index in [9.17, 15) is 16.8 Å². The van der Waals surface area contributed by atoms with Gasteiger partial charge in [0, 0.05) is 12.6 Å². The molecule has 0 aromatic heterocycles. The summed E-state index contributed by atoms with van der Waals surface area (Å²) in [6, 6.07) is 0.639. The highest BCUT2D eigenvalue weighted by atomic mass is 32.2. The maximum Gasteiger partial charge on any atom is 0.214 e. The second-order valence-corrected chi connectivity index (χ2v) is 9.72. The van der Waals surface area contributed by atoms with Crippen molar-refractivity contribution in [1.29, 1.82) is 0 Å². The van der Waals surface area contributed by atoms with Gasteiger partial charge < -0.3 is 5.32 Å². The van der Waals surface area contributed by atoms with Crippen LogP contribution in [0.25, 0.3) is 0 Å². The van der Waals surface area contributed by atoms with Crippen molar-refractivity contribution in [2.45, 2.75) is 43.4 Å². The van der Waals surface area contributed by atoms with Crippen molar-refractivity contribution in [1.82, 2.24) is 10.0 Å². The third-order valence-electron chi connectivity index (χ3n) is 3.61. The molecule has 2 fully saturated rings. The Kier molecular flexibility index (Phi) is 4.86. The number of rotatable bonds is 7. The maximum absolute atomic E-state index is 12.0. The minimum absolute atomic E-state index is 0.0121. The standard InChI is InChI=1S/C11H22N2O4S2/c14-18(15)8-4-11(5-9-18)19(16,17)13-7-1-6-12-10-2-3-10/h10-13H,1-9H2. The van der Waals surface area contributed by atoms with E-state index in [-0.39, 0.29) is 24.3 Å². The van der Waals surface area contributed by atoms with E-state index in [1.165, 1.54) is 12.8 Å². The van der Waals surface area contributed by atoms with Gasteiger partial charge in [0.05, 0.1) is 16.8 Å². The summed E-state index contributed by atoms with van der Waals surface area (Å²) in [6.45, 7) is 1.25. The summed E-state index contributed by atoms with van der Waals surface area (Å²) in [5.74, 6) is -0.0242. The topological polar surface area (TPSA) is 92.3 Å². The average Bonchev–Trinajstić information content (AvgIpc) is 3.12. The summed E-state index contributed by atoms with van der Waals surface area (Å²) in [7, 11) is -6.37. The van der Waals surface area contributed by atoms with Crippen LogP contribution in [0.15, 0.2) is 0 Å². The van der Waals surface area contributed by atoms with E-state index >= 15 is 0 Å². The molecule has 2 rings (SSSR count). The van der Waals surface area contributed by atoms with Crippen molar-refractivity contribution >= 4 is 19.9 Å². The Hall–Kier alpha value is -0.180.